The average Bonchev–Trinajstić information content (AvgIpc) is 3.98. The third-order valence-corrected chi connectivity index (χ3v) is 11.5. The number of anilines is 2. The molecule has 4 heterocycles. The number of amides is 5. The lowest BCUT2D eigenvalue weighted by atomic mass is 9.91. The van der Waals surface area contributed by atoms with Crippen molar-refractivity contribution in [3.05, 3.63) is 105 Å². The molecule has 2 aromatic heterocycles. The lowest BCUT2D eigenvalue weighted by Crippen LogP contribution is -2.52. The molecular weight excluding hydrogens is 745 g/mol. The van der Waals surface area contributed by atoms with E-state index >= 15 is 0 Å². The zero-order valence-electron chi connectivity index (χ0n) is 29.6. The van der Waals surface area contributed by atoms with Crippen LogP contribution in [0.4, 0.5) is 11.6 Å². The number of halogens is 2. The van der Waals surface area contributed by atoms with Crippen molar-refractivity contribution in [3.8, 4) is 6.07 Å². The zero-order valence-corrected chi connectivity index (χ0v) is 31.2. The summed E-state index contributed by atoms with van der Waals surface area (Å²) >= 11 is 12.7. The number of imidazole rings is 1. The molecular formula is C39H35Cl2N9O5. The monoisotopic (exact) mass is 779 g/mol. The first-order valence-electron chi connectivity index (χ1n) is 17.9. The zero-order chi connectivity index (χ0) is 38.9. The molecule has 2 atom stereocenters. The van der Waals surface area contributed by atoms with Gasteiger partial charge in [0.15, 0.2) is 0 Å². The van der Waals surface area contributed by atoms with E-state index in [1.165, 1.54) is 22.2 Å². The van der Waals surface area contributed by atoms with Gasteiger partial charge in [-0.2, -0.15) is 5.26 Å². The molecule has 1 saturated heterocycles. The number of aromatic nitrogens is 3. The van der Waals surface area contributed by atoms with Crippen LogP contribution < -0.4 is 21.3 Å². The Morgan fingerprint density at radius 3 is 2.33 bits per heavy atom. The number of nitriles is 1. The van der Waals surface area contributed by atoms with Crippen LogP contribution in [0.3, 0.4) is 0 Å². The summed E-state index contributed by atoms with van der Waals surface area (Å²) in [6.07, 6.45) is 6.14. The third kappa shape index (κ3) is 6.27. The van der Waals surface area contributed by atoms with Crippen molar-refractivity contribution in [2.24, 2.45) is 5.73 Å². The lowest BCUT2D eigenvalue weighted by Gasteiger charge is -2.27. The van der Waals surface area contributed by atoms with Crippen LogP contribution >= 0.6 is 23.2 Å². The molecule has 4 N–H and O–H groups in total. The van der Waals surface area contributed by atoms with Crippen molar-refractivity contribution >= 4 is 64.4 Å². The third-order valence-electron chi connectivity index (χ3n) is 11.0. The van der Waals surface area contributed by atoms with E-state index in [0.717, 1.165) is 5.56 Å². The van der Waals surface area contributed by atoms with Crippen molar-refractivity contribution in [3.63, 3.8) is 0 Å². The van der Waals surface area contributed by atoms with Gasteiger partial charge in [0.2, 0.25) is 17.8 Å². The highest BCUT2D eigenvalue weighted by Gasteiger charge is 2.57. The van der Waals surface area contributed by atoms with Crippen molar-refractivity contribution in [1.82, 2.24) is 30.1 Å². The molecule has 3 fully saturated rings. The number of benzene rings is 2. The second kappa shape index (κ2) is 13.2. The van der Waals surface area contributed by atoms with Gasteiger partial charge in [-0.05, 0) is 93.5 Å². The Hall–Kier alpha value is -5.78. The summed E-state index contributed by atoms with van der Waals surface area (Å²) in [6, 6.07) is 16.2. The molecule has 55 heavy (non-hydrogen) atoms. The first kappa shape index (κ1) is 36.2. The average molecular weight is 781 g/mol. The second-order valence-electron chi connectivity index (χ2n) is 14.9. The van der Waals surface area contributed by atoms with Crippen LogP contribution in [-0.2, 0) is 31.9 Å². The molecule has 0 spiro atoms. The minimum Gasteiger partial charge on any atom is -0.368 e. The number of primary amides is 1. The van der Waals surface area contributed by atoms with Gasteiger partial charge in [0.1, 0.15) is 22.8 Å². The van der Waals surface area contributed by atoms with Crippen LogP contribution in [0, 0.1) is 11.3 Å². The number of rotatable bonds is 10. The summed E-state index contributed by atoms with van der Waals surface area (Å²) in [6.45, 7) is 2.13. The number of carbonyl (C=O) groups excluding carboxylic acids is 5. The maximum Gasteiger partial charge on any atom is 0.270 e. The van der Waals surface area contributed by atoms with E-state index in [-0.39, 0.29) is 29.9 Å². The number of nitrogens with zero attached hydrogens (tertiary/aromatic N) is 6. The van der Waals surface area contributed by atoms with Crippen LogP contribution in [-0.4, -0.2) is 67.1 Å². The molecule has 14 nitrogen and oxygen atoms in total. The van der Waals surface area contributed by atoms with E-state index in [0.29, 0.717) is 77.6 Å². The number of likely N-dealkylation sites (tertiary alicyclic amines) is 1. The van der Waals surface area contributed by atoms with E-state index in [9.17, 15) is 29.2 Å². The maximum atomic E-state index is 14.4. The highest BCUT2D eigenvalue weighted by atomic mass is 35.5. The highest BCUT2D eigenvalue weighted by molar-refractivity contribution is 6.35. The minimum absolute atomic E-state index is 0.0689. The Morgan fingerprint density at radius 1 is 0.982 bits per heavy atom. The predicted molar refractivity (Wildman–Crippen MR) is 200 cm³/mol. The number of hydrogen-bond donors (Lipinski definition) is 3. The molecule has 8 rings (SSSR count). The van der Waals surface area contributed by atoms with Crippen LogP contribution in [0.2, 0.25) is 10.0 Å². The SMILES string of the molecule is C[C@@]1(Cc2ccc(C#N)cc2)C(=O)N(c2cc(Cl)cc(Cl)c2)c2ncc(C(=O)NC3(C(=O)NC4(c5cc(C(=O)N6CCCC6C(N)=O)ccn5)CC4)CC3)n21. The summed E-state index contributed by atoms with van der Waals surface area (Å²) in [5.74, 6) is -2.07. The van der Waals surface area contributed by atoms with Crippen molar-refractivity contribution in [2.45, 2.75) is 74.5 Å². The van der Waals surface area contributed by atoms with Crippen molar-refractivity contribution in [2.75, 3.05) is 11.4 Å². The summed E-state index contributed by atoms with van der Waals surface area (Å²) in [7, 11) is 0. The molecule has 1 unspecified atom stereocenters. The number of fused-ring (bicyclic) bond motifs is 1. The second-order valence-corrected chi connectivity index (χ2v) is 15.7. The summed E-state index contributed by atoms with van der Waals surface area (Å²) in [5, 5.41) is 16.0. The molecule has 2 saturated carbocycles. The Balaban J connectivity index is 1.05. The standard InChI is InChI=1S/C39H35Cl2N9O5/c1-37(19-22-4-6-23(20-42)7-5-22)35(55)49(27-17-25(40)16-26(41)18-27)36-45-21-29(50(36)37)32(52)46-39(11-12-39)34(54)47-38(9-10-38)30-15-24(8-13-44-30)33(53)48-14-2-3-28(48)31(43)51/h4-8,13,15-18,21,28H,2-3,9-12,14,19H2,1H3,(H2,43,51)(H,46,52)(H,47,54)/t28?,37-/m1/s1. The number of pyridine rings is 1. The largest absolute Gasteiger partial charge is 0.368 e. The Kier molecular flexibility index (Phi) is 8.70. The molecule has 2 aliphatic carbocycles. The molecule has 280 valence electrons. The molecule has 0 radical (unpaired) electrons. The van der Waals surface area contributed by atoms with Gasteiger partial charge in [-0.25, -0.2) is 9.88 Å². The van der Waals surface area contributed by atoms with Gasteiger partial charge in [0.05, 0.1) is 34.7 Å². The van der Waals surface area contributed by atoms with Crippen LogP contribution in [0.1, 0.15) is 83.1 Å². The Labute approximate surface area is 325 Å². The molecule has 5 amide bonds. The fraction of sp³-hybridized carbons (Fsp3) is 0.333. The van der Waals surface area contributed by atoms with Gasteiger partial charge in [0.25, 0.3) is 17.7 Å². The van der Waals surface area contributed by atoms with Gasteiger partial charge < -0.3 is 21.3 Å². The number of nitrogens with two attached hydrogens (primary N) is 1. The number of nitrogens with one attached hydrogen (secondary N) is 2. The topological polar surface area (TPSA) is 196 Å². The number of hydrogen-bond acceptors (Lipinski definition) is 8. The van der Waals surface area contributed by atoms with Gasteiger partial charge in [0, 0.05) is 34.8 Å². The predicted octanol–water partition coefficient (Wildman–Crippen LogP) is 4.25. The Morgan fingerprint density at radius 2 is 1.69 bits per heavy atom. The highest BCUT2D eigenvalue weighted by Crippen LogP contribution is 2.48. The van der Waals surface area contributed by atoms with E-state index in [4.69, 9.17) is 28.9 Å². The summed E-state index contributed by atoms with van der Waals surface area (Å²) < 4.78 is 1.57. The quantitative estimate of drug-likeness (QED) is 0.212. The summed E-state index contributed by atoms with van der Waals surface area (Å²) in [4.78, 5) is 79.9. The first-order valence-corrected chi connectivity index (χ1v) is 18.6. The molecule has 0 bridgehead atoms. The fourth-order valence-electron chi connectivity index (χ4n) is 7.74. The van der Waals surface area contributed by atoms with Crippen LogP contribution in [0.15, 0.2) is 67.0 Å². The van der Waals surface area contributed by atoms with E-state index in [2.05, 4.69) is 26.7 Å². The maximum absolute atomic E-state index is 14.4. The normalized spacial score (nSPS) is 21.4. The van der Waals surface area contributed by atoms with Gasteiger partial charge in [-0.15, -0.1) is 0 Å². The molecule has 2 aliphatic heterocycles. The van der Waals surface area contributed by atoms with Crippen LogP contribution in [0.25, 0.3) is 0 Å². The van der Waals surface area contributed by atoms with Gasteiger partial charge >= 0.3 is 0 Å². The minimum atomic E-state index is -1.36. The lowest BCUT2D eigenvalue weighted by molar-refractivity contribution is -0.125. The molecule has 2 aromatic carbocycles. The van der Waals surface area contributed by atoms with Gasteiger partial charge in [-0.3, -0.25) is 33.5 Å². The first-order chi connectivity index (χ1) is 26.3. The van der Waals surface area contributed by atoms with E-state index in [1.54, 1.807) is 66.1 Å². The molecule has 4 aliphatic rings. The van der Waals surface area contributed by atoms with E-state index < -0.39 is 40.4 Å². The van der Waals surface area contributed by atoms with E-state index in [1.807, 2.05) is 0 Å². The number of carbonyl (C=O) groups is 5. The summed E-state index contributed by atoms with van der Waals surface area (Å²) in [5.41, 5.74) is 4.62. The van der Waals surface area contributed by atoms with Crippen molar-refractivity contribution in [1.29, 1.82) is 5.26 Å². The van der Waals surface area contributed by atoms with Crippen molar-refractivity contribution < 1.29 is 24.0 Å². The smallest absolute Gasteiger partial charge is 0.270 e. The molecule has 4 aromatic rings. The molecule has 16 heteroatoms. The van der Waals surface area contributed by atoms with Gasteiger partial charge in [-0.1, -0.05) is 35.3 Å². The fourth-order valence-corrected chi connectivity index (χ4v) is 8.26. The Bertz CT molecular complexity index is 2330. The van der Waals surface area contributed by atoms with Crippen LogP contribution in [0.5, 0.6) is 0 Å².